The molecule has 0 radical (unpaired) electrons. The number of para-hydroxylation sites is 2. The van der Waals surface area contributed by atoms with Crippen LogP contribution in [0, 0.1) is 0 Å². The van der Waals surface area contributed by atoms with Gasteiger partial charge in [-0.15, -0.1) is 0 Å². The monoisotopic (exact) mass is 208 g/mol. The molecule has 0 aromatic heterocycles. The van der Waals surface area contributed by atoms with E-state index in [2.05, 4.69) is 5.32 Å². The Labute approximate surface area is 87.2 Å². The Hall–Kier alpha value is -1.88. The maximum atomic E-state index is 11.0. The average Bonchev–Trinajstić information content (AvgIpc) is 2.20. The Morgan fingerprint density at radius 3 is 2.67 bits per heavy atom. The number of carbonyl (C=O) groups excluding carboxylic acids is 2. The topological polar surface area (TPSA) is 81.4 Å². The number of rotatable bonds is 3. The second-order valence-electron chi connectivity index (χ2n) is 2.86. The lowest BCUT2D eigenvalue weighted by Crippen LogP contribution is -2.20. The molecule has 0 aliphatic rings. The molecule has 0 aliphatic heterocycles. The summed E-state index contributed by atoms with van der Waals surface area (Å²) >= 11 is 0. The van der Waals surface area contributed by atoms with Gasteiger partial charge >= 0.3 is 5.97 Å². The van der Waals surface area contributed by atoms with Crippen molar-refractivity contribution in [3.05, 3.63) is 24.3 Å². The number of anilines is 1. The third-order valence-corrected chi connectivity index (χ3v) is 1.59. The van der Waals surface area contributed by atoms with E-state index in [0.29, 0.717) is 11.4 Å². The van der Waals surface area contributed by atoms with E-state index in [-0.39, 0.29) is 12.5 Å². The molecule has 0 bridgehead atoms. The van der Waals surface area contributed by atoms with E-state index in [0.717, 1.165) is 0 Å². The number of carbonyl (C=O) groups is 2. The van der Waals surface area contributed by atoms with E-state index in [1.54, 1.807) is 24.3 Å². The minimum absolute atomic E-state index is 0.200. The van der Waals surface area contributed by atoms with Gasteiger partial charge in [-0.2, -0.15) is 0 Å². The highest BCUT2D eigenvalue weighted by Crippen LogP contribution is 2.23. The summed E-state index contributed by atoms with van der Waals surface area (Å²) in [5, 5.41) is 2.55. The van der Waals surface area contributed by atoms with Gasteiger partial charge in [0.1, 0.15) is 0 Å². The molecule has 0 saturated carbocycles. The van der Waals surface area contributed by atoms with E-state index < -0.39 is 5.97 Å². The Kier molecular flexibility index (Phi) is 3.82. The van der Waals surface area contributed by atoms with Gasteiger partial charge in [-0.25, -0.2) is 0 Å². The molecular formula is C10H12N2O3. The van der Waals surface area contributed by atoms with Crippen molar-refractivity contribution < 1.29 is 14.3 Å². The minimum atomic E-state index is -0.548. The summed E-state index contributed by atoms with van der Waals surface area (Å²) in [6.07, 6.45) is 0. The van der Waals surface area contributed by atoms with Gasteiger partial charge in [-0.05, 0) is 12.1 Å². The van der Waals surface area contributed by atoms with Crippen LogP contribution < -0.4 is 15.8 Å². The molecule has 1 aromatic rings. The SMILES string of the molecule is CC(=O)Nc1ccccc1OC(=O)CN. The highest BCUT2D eigenvalue weighted by atomic mass is 16.5. The summed E-state index contributed by atoms with van der Waals surface area (Å²) < 4.78 is 4.92. The second-order valence-corrected chi connectivity index (χ2v) is 2.86. The number of amides is 1. The summed E-state index contributed by atoms with van der Waals surface area (Å²) in [5.74, 6) is -0.484. The number of ether oxygens (including phenoxy) is 1. The highest BCUT2D eigenvalue weighted by Gasteiger charge is 2.07. The fraction of sp³-hybridized carbons (Fsp3) is 0.200. The molecule has 15 heavy (non-hydrogen) atoms. The summed E-state index contributed by atoms with van der Waals surface area (Å²) in [7, 11) is 0. The Morgan fingerprint density at radius 2 is 2.07 bits per heavy atom. The van der Waals surface area contributed by atoms with Crippen molar-refractivity contribution in [2.45, 2.75) is 6.92 Å². The third kappa shape index (κ3) is 3.40. The van der Waals surface area contributed by atoms with Crippen molar-refractivity contribution >= 4 is 17.6 Å². The molecule has 0 unspecified atom stereocenters. The molecule has 0 heterocycles. The zero-order valence-corrected chi connectivity index (χ0v) is 8.32. The Bertz CT molecular complexity index is 377. The van der Waals surface area contributed by atoms with Crippen molar-refractivity contribution in [3.63, 3.8) is 0 Å². The van der Waals surface area contributed by atoms with Crippen LogP contribution in [0.5, 0.6) is 5.75 Å². The summed E-state index contributed by atoms with van der Waals surface area (Å²) in [4.78, 5) is 21.8. The summed E-state index contributed by atoms with van der Waals surface area (Å²) in [6.45, 7) is 1.18. The van der Waals surface area contributed by atoms with Gasteiger partial charge in [0, 0.05) is 6.92 Å². The van der Waals surface area contributed by atoms with Gasteiger partial charge in [-0.3, -0.25) is 9.59 Å². The Morgan fingerprint density at radius 1 is 1.40 bits per heavy atom. The van der Waals surface area contributed by atoms with Crippen LogP contribution in [0.3, 0.4) is 0 Å². The largest absolute Gasteiger partial charge is 0.423 e. The van der Waals surface area contributed by atoms with Crippen LogP contribution in [0.2, 0.25) is 0 Å². The number of hydrogen-bond donors (Lipinski definition) is 2. The zero-order chi connectivity index (χ0) is 11.3. The summed E-state index contributed by atoms with van der Waals surface area (Å²) in [5.41, 5.74) is 5.56. The highest BCUT2D eigenvalue weighted by molar-refractivity contribution is 5.91. The predicted molar refractivity (Wildman–Crippen MR) is 55.4 cm³/mol. The van der Waals surface area contributed by atoms with Gasteiger partial charge in [0.25, 0.3) is 0 Å². The van der Waals surface area contributed by atoms with Crippen molar-refractivity contribution in [3.8, 4) is 5.75 Å². The smallest absolute Gasteiger partial charge is 0.325 e. The molecular weight excluding hydrogens is 196 g/mol. The Balaban J connectivity index is 2.85. The van der Waals surface area contributed by atoms with Crippen LogP contribution in [-0.4, -0.2) is 18.4 Å². The summed E-state index contributed by atoms with van der Waals surface area (Å²) in [6, 6.07) is 6.65. The van der Waals surface area contributed by atoms with Crippen molar-refractivity contribution in [1.82, 2.24) is 0 Å². The number of hydrogen-bond acceptors (Lipinski definition) is 4. The van der Waals surface area contributed by atoms with Gasteiger partial charge in [0.2, 0.25) is 5.91 Å². The van der Waals surface area contributed by atoms with Gasteiger partial charge < -0.3 is 15.8 Å². The van der Waals surface area contributed by atoms with Crippen LogP contribution in [0.15, 0.2) is 24.3 Å². The number of esters is 1. The average molecular weight is 208 g/mol. The standard InChI is InChI=1S/C10H12N2O3/c1-7(13)12-8-4-2-3-5-9(8)15-10(14)6-11/h2-5H,6,11H2,1H3,(H,12,13). The lowest BCUT2D eigenvalue weighted by molar-refractivity contribution is -0.132. The van der Waals surface area contributed by atoms with E-state index in [1.807, 2.05) is 0 Å². The van der Waals surface area contributed by atoms with Crippen molar-refractivity contribution in [2.75, 3.05) is 11.9 Å². The lowest BCUT2D eigenvalue weighted by Gasteiger charge is -2.08. The van der Waals surface area contributed by atoms with Crippen molar-refractivity contribution in [1.29, 1.82) is 0 Å². The molecule has 0 aliphatic carbocycles. The molecule has 1 aromatic carbocycles. The first-order chi connectivity index (χ1) is 7.13. The van der Waals surface area contributed by atoms with Crippen LogP contribution in [-0.2, 0) is 9.59 Å². The molecule has 80 valence electrons. The molecule has 0 fully saturated rings. The van der Waals surface area contributed by atoms with E-state index in [4.69, 9.17) is 10.5 Å². The van der Waals surface area contributed by atoms with Crippen LogP contribution in [0.4, 0.5) is 5.69 Å². The normalized spacial score (nSPS) is 9.47. The molecule has 3 N–H and O–H groups in total. The zero-order valence-electron chi connectivity index (χ0n) is 8.32. The van der Waals surface area contributed by atoms with E-state index in [9.17, 15) is 9.59 Å². The second kappa shape index (κ2) is 5.11. The third-order valence-electron chi connectivity index (χ3n) is 1.59. The van der Waals surface area contributed by atoms with Gasteiger partial charge in [-0.1, -0.05) is 12.1 Å². The molecule has 0 saturated heterocycles. The van der Waals surface area contributed by atoms with Crippen molar-refractivity contribution in [2.24, 2.45) is 5.73 Å². The molecule has 1 amide bonds. The van der Waals surface area contributed by atoms with Crippen LogP contribution >= 0.6 is 0 Å². The van der Waals surface area contributed by atoms with Crippen LogP contribution in [0.25, 0.3) is 0 Å². The lowest BCUT2D eigenvalue weighted by atomic mass is 10.3. The number of benzene rings is 1. The van der Waals surface area contributed by atoms with Crippen LogP contribution in [0.1, 0.15) is 6.92 Å². The number of nitrogens with two attached hydrogens (primary N) is 1. The first kappa shape index (κ1) is 11.2. The predicted octanol–water partition coefficient (Wildman–Crippen LogP) is 0.509. The fourth-order valence-corrected chi connectivity index (χ4v) is 1.01. The minimum Gasteiger partial charge on any atom is -0.423 e. The molecule has 0 atom stereocenters. The molecule has 5 heteroatoms. The fourth-order valence-electron chi connectivity index (χ4n) is 1.01. The molecule has 0 spiro atoms. The maximum Gasteiger partial charge on any atom is 0.325 e. The van der Waals surface area contributed by atoms with Gasteiger partial charge in [0.05, 0.1) is 12.2 Å². The molecule has 5 nitrogen and oxygen atoms in total. The quantitative estimate of drug-likeness (QED) is 0.560. The van der Waals surface area contributed by atoms with E-state index >= 15 is 0 Å². The first-order valence-corrected chi connectivity index (χ1v) is 4.41. The maximum absolute atomic E-state index is 11.0. The first-order valence-electron chi connectivity index (χ1n) is 4.41. The van der Waals surface area contributed by atoms with Gasteiger partial charge in [0.15, 0.2) is 5.75 Å². The number of nitrogens with one attached hydrogen (secondary N) is 1. The van der Waals surface area contributed by atoms with E-state index in [1.165, 1.54) is 6.92 Å². The molecule has 1 rings (SSSR count).